The van der Waals surface area contributed by atoms with Crippen molar-refractivity contribution in [3.8, 4) is 5.75 Å². The number of hydrogen-bond donors (Lipinski definition) is 1. The van der Waals surface area contributed by atoms with Crippen molar-refractivity contribution < 1.29 is 18.3 Å². The Morgan fingerprint density at radius 2 is 1.95 bits per heavy atom. The Labute approximate surface area is 117 Å². The molecule has 0 spiro atoms. The molecule has 112 valence electrons. The van der Waals surface area contributed by atoms with Gasteiger partial charge in [-0.2, -0.15) is 8.78 Å². The highest BCUT2D eigenvalue weighted by atomic mass is 19.3. The summed E-state index contributed by atoms with van der Waals surface area (Å²) in [5, 5.41) is 0. The molecule has 6 heteroatoms. The molecule has 0 aliphatic rings. The number of ether oxygens (including phenoxy) is 1. The third kappa shape index (κ3) is 5.97. The molecular formula is C14H20F2N2O2. The molecule has 4 nitrogen and oxygen atoms in total. The average Bonchev–Trinajstić information content (AvgIpc) is 2.37. The fourth-order valence-electron chi connectivity index (χ4n) is 1.68. The number of amides is 1. The fraction of sp³-hybridized carbons (Fsp3) is 0.500. The minimum atomic E-state index is -2.83. The molecule has 1 amide bonds. The van der Waals surface area contributed by atoms with Gasteiger partial charge in [-0.3, -0.25) is 4.79 Å². The van der Waals surface area contributed by atoms with Crippen molar-refractivity contribution in [3.05, 3.63) is 29.8 Å². The molecular weight excluding hydrogens is 266 g/mol. The van der Waals surface area contributed by atoms with Crippen molar-refractivity contribution in [2.75, 3.05) is 7.05 Å². The van der Waals surface area contributed by atoms with E-state index >= 15 is 0 Å². The van der Waals surface area contributed by atoms with Crippen molar-refractivity contribution in [2.45, 2.75) is 39.0 Å². The summed E-state index contributed by atoms with van der Waals surface area (Å²) in [7, 11) is 1.70. The minimum absolute atomic E-state index is 0.00173. The lowest BCUT2D eigenvalue weighted by Crippen LogP contribution is -2.27. The van der Waals surface area contributed by atoms with Crippen LogP contribution in [-0.2, 0) is 11.3 Å². The van der Waals surface area contributed by atoms with Gasteiger partial charge in [-0.15, -0.1) is 0 Å². The molecule has 1 aromatic rings. The number of benzene rings is 1. The molecule has 1 atom stereocenters. The standard InChI is InChI=1S/C14H20F2N2O2/c1-10(17)3-8-13(19)18(2)9-11-4-6-12(7-5-11)20-14(15)16/h4-7,10,14H,3,8-9,17H2,1-2H3. The van der Waals surface area contributed by atoms with Crippen molar-refractivity contribution >= 4 is 5.91 Å². The van der Waals surface area contributed by atoms with Crippen LogP contribution in [0.1, 0.15) is 25.3 Å². The molecule has 0 fully saturated rings. The molecule has 0 bridgehead atoms. The van der Waals surface area contributed by atoms with Gasteiger partial charge in [0.2, 0.25) is 5.91 Å². The second kappa shape index (κ2) is 7.79. The van der Waals surface area contributed by atoms with Crippen molar-refractivity contribution in [3.63, 3.8) is 0 Å². The number of carbonyl (C=O) groups excluding carboxylic acids is 1. The lowest BCUT2D eigenvalue weighted by atomic mass is 10.1. The van der Waals surface area contributed by atoms with Gasteiger partial charge in [-0.25, -0.2) is 0 Å². The lowest BCUT2D eigenvalue weighted by Gasteiger charge is -2.18. The highest BCUT2D eigenvalue weighted by Gasteiger charge is 2.10. The number of nitrogens with two attached hydrogens (primary N) is 1. The second-order valence-electron chi connectivity index (χ2n) is 4.79. The molecule has 0 heterocycles. The topological polar surface area (TPSA) is 55.6 Å². The van der Waals surface area contributed by atoms with Gasteiger partial charge in [-0.05, 0) is 31.0 Å². The number of rotatable bonds is 7. The third-order valence-corrected chi connectivity index (χ3v) is 2.81. The van der Waals surface area contributed by atoms with Gasteiger partial charge in [-0.1, -0.05) is 12.1 Å². The zero-order chi connectivity index (χ0) is 15.1. The van der Waals surface area contributed by atoms with E-state index in [-0.39, 0.29) is 17.7 Å². The first-order chi connectivity index (χ1) is 9.38. The molecule has 1 unspecified atom stereocenters. The summed E-state index contributed by atoms with van der Waals surface area (Å²) in [4.78, 5) is 13.4. The fourth-order valence-corrected chi connectivity index (χ4v) is 1.68. The van der Waals surface area contributed by atoms with Gasteiger partial charge in [0, 0.05) is 26.1 Å². The number of halogens is 2. The lowest BCUT2D eigenvalue weighted by molar-refractivity contribution is -0.130. The van der Waals surface area contributed by atoms with E-state index in [1.165, 1.54) is 12.1 Å². The van der Waals surface area contributed by atoms with Crippen molar-refractivity contribution in [1.29, 1.82) is 0 Å². The van der Waals surface area contributed by atoms with E-state index in [1.54, 1.807) is 24.1 Å². The molecule has 0 radical (unpaired) electrons. The Morgan fingerprint density at radius 3 is 2.45 bits per heavy atom. The zero-order valence-electron chi connectivity index (χ0n) is 11.7. The van der Waals surface area contributed by atoms with Gasteiger partial charge in [0.25, 0.3) is 0 Å². The number of alkyl halides is 2. The van der Waals surface area contributed by atoms with Crippen LogP contribution in [0.2, 0.25) is 0 Å². The van der Waals surface area contributed by atoms with Gasteiger partial charge >= 0.3 is 6.61 Å². The predicted octanol–water partition coefficient (Wildman–Crippen LogP) is 2.37. The maximum absolute atomic E-state index is 12.0. The predicted molar refractivity (Wildman–Crippen MR) is 72.4 cm³/mol. The average molecular weight is 286 g/mol. The highest BCUT2D eigenvalue weighted by molar-refractivity contribution is 5.75. The van der Waals surface area contributed by atoms with Crippen LogP contribution in [0.3, 0.4) is 0 Å². The van der Waals surface area contributed by atoms with Crippen LogP contribution < -0.4 is 10.5 Å². The van der Waals surface area contributed by atoms with Crippen LogP contribution >= 0.6 is 0 Å². The summed E-state index contributed by atoms with van der Waals surface area (Å²) in [6.07, 6.45) is 1.05. The highest BCUT2D eigenvalue weighted by Crippen LogP contribution is 2.16. The minimum Gasteiger partial charge on any atom is -0.435 e. The second-order valence-corrected chi connectivity index (χ2v) is 4.79. The molecule has 0 aliphatic carbocycles. The molecule has 1 aromatic carbocycles. The van der Waals surface area contributed by atoms with E-state index in [1.807, 2.05) is 6.92 Å². The summed E-state index contributed by atoms with van der Waals surface area (Å²) in [5.41, 5.74) is 6.45. The Bertz CT molecular complexity index is 422. The monoisotopic (exact) mass is 286 g/mol. The maximum atomic E-state index is 12.0. The summed E-state index contributed by atoms with van der Waals surface area (Å²) in [5.74, 6) is 0.116. The smallest absolute Gasteiger partial charge is 0.387 e. The van der Waals surface area contributed by atoms with Gasteiger partial charge < -0.3 is 15.4 Å². The molecule has 0 aliphatic heterocycles. The summed E-state index contributed by atoms with van der Waals surface area (Å²) in [6.45, 7) is -0.551. The zero-order valence-corrected chi connectivity index (χ0v) is 11.7. The van der Waals surface area contributed by atoms with E-state index < -0.39 is 6.61 Å². The van der Waals surface area contributed by atoms with Crippen LogP contribution in [0.25, 0.3) is 0 Å². The Hall–Kier alpha value is -1.69. The summed E-state index contributed by atoms with van der Waals surface area (Å²) < 4.78 is 28.3. The van der Waals surface area contributed by atoms with Crippen molar-refractivity contribution in [2.24, 2.45) is 5.73 Å². The number of carbonyl (C=O) groups is 1. The van der Waals surface area contributed by atoms with E-state index in [0.717, 1.165) is 5.56 Å². The van der Waals surface area contributed by atoms with Crippen molar-refractivity contribution in [1.82, 2.24) is 4.90 Å². The van der Waals surface area contributed by atoms with Gasteiger partial charge in [0.05, 0.1) is 0 Å². The normalized spacial score (nSPS) is 12.3. The van der Waals surface area contributed by atoms with Gasteiger partial charge in [0.15, 0.2) is 0 Å². The Morgan fingerprint density at radius 1 is 1.35 bits per heavy atom. The van der Waals surface area contributed by atoms with E-state index in [4.69, 9.17) is 5.73 Å². The van der Waals surface area contributed by atoms with E-state index in [0.29, 0.717) is 19.4 Å². The summed E-state index contributed by atoms with van der Waals surface area (Å²) in [6, 6.07) is 6.24. The number of nitrogens with zero attached hydrogens (tertiary/aromatic N) is 1. The molecule has 2 N–H and O–H groups in total. The molecule has 0 saturated heterocycles. The molecule has 0 saturated carbocycles. The number of hydrogen-bond acceptors (Lipinski definition) is 3. The molecule has 0 aromatic heterocycles. The van der Waals surface area contributed by atoms with Crippen LogP contribution in [0.4, 0.5) is 8.78 Å². The maximum Gasteiger partial charge on any atom is 0.387 e. The van der Waals surface area contributed by atoms with Crippen LogP contribution in [0.5, 0.6) is 5.75 Å². The summed E-state index contributed by atoms with van der Waals surface area (Å²) >= 11 is 0. The quantitative estimate of drug-likeness (QED) is 0.837. The van der Waals surface area contributed by atoms with Crippen LogP contribution in [-0.4, -0.2) is 30.5 Å². The SMILES string of the molecule is CC(N)CCC(=O)N(C)Cc1ccc(OC(F)F)cc1. The largest absolute Gasteiger partial charge is 0.435 e. The Balaban J connectivity index is 2.49. The molecule has 20 heavy (non-hydrogen) atoms. The van der Waals surface area contributed by atoms with Crippen LogP contribution in [0, 0.1) is 0 Å². The first-order valence-electron chi connectivity index (χ1n) is 6.41. The van der Waals surface area contributed by atoms with E-state index in [9.17, 15) is 13.6 Å². The third-order valence-electron chi connectivity index (χ3n) is 2.81. The first-order valence-corrected chi connectivity index (χ1v) is 6.41. The van der Waals surface area contributed by atoms with E-state index in [2.05, 4.69) is 4.74 Å². The van der Waals surface area contributed by atoms with Gasteiger partial charge in [0.1, 0.15) is 5.75 Å². The van der Waals surface area contributed by atoms with Crippen LogP contribution in [0.15, 0.2) is 24.3 Å². The Kier molecular flexibility index (Phi) is 6.38. The molecule has 1 rings (SSSR count). The first kappa shape index (κ1) is 16.4.